The molecule has 11 atom stereocenters. The Morgan fingerprint density at radius 2 is 1.53 bits per heavy atom. The van der Waals surface area contributed by atoms with Crippen molar-refractivity contribution in [2.75, 3.05) is 32.9 Å². The van der Waals surface area contributed by atoms with Crippen LogP contribution in [0, 0.1) is 0 Å². The van der Waals surface area contributed by atoms with Gasteiger partial charge in [-0.3, -0.25) is 9.69 Å². The number of hydrogen-bond donors (Lipinski definition) is 8. The summed E-state index contributed by atoms with van der Waals surface area (Å²) >= 11 is 0. The van der Waals surface area contributed by atoms with E-state index < -0.39 is 80.7 Å². The van der Waals surface area contributed by atoms with Crippen LogP contribution in [0.1, 0.15) is 35.7 Å². The first-order valence-corrected chi connectivity index (χ1v) is 15.9. The van der Waals surface area contributed by atoms with Crippen molar-refractivity contribution in [1.82, 2.24) is 4.90 Å². The minimum absolute atomic E-state index is 0.0667. The number of ether oxygens (including phenoxy) is 4. The van der Waals surface area contributed by atoms with Crippen LogP contribution < -0.4 is 4.74 Å². The standard InChI is InChI=1S/C33H47NO13/c1-2-14-34(15-20(37)18-44-23-11-7-6-10-21(23)22(38)13-12-19-8-4-3-5-9-19)32-29(42)28(41)31(25(17-36)45-32)47-33-30(43)27(40)26(39)24(16-35)46-33/h3-11,20,24-33,35-37,39-43H,2,12-18H2,1H3/t20?,24-,25-,26+,27+,28-,29-,30-,31-,32-,33+/m1/s1. The maximum absolute atomic E-state index is 13.0. The van der Waals surface area contributed by atoms with Crippen LogP contribution in [0.4, 0.5) is 0 Å². The van der Waals surface area contributed by atoms with Crippen molar-refractivity contribution in [3.63, 3.8) is 0 Å². The largest absolute Gasteiger partial charge is 0.490 e. The van der Waals surface area contributed by atoms with Gasteiger partial charge in [0.15, 0.2) is 12.1 Å². The average molecular weight is 666 g/mol. The molecule has 2 aromatic carbocycles. The first kappa shape index (κ1) is 37.3. The van der Waals surface area contributed by atoms with Gasteiger partial charge in [-0.05, 0) is 30.5 Å². The number of para-hydroxylation sites is 1. The molecular weight excluding hydrogens is 618 g/mol. The van der Waals surface area contributed by atoms with E-state index in [1.54, 1.807) is 29.2 Å². The molecule has 1 unspecified atom stereocenters. The Labute approximate surface area is 273 Å². The number of carbonyl (C=O) groups excluding carboxylic acids is 1. The van der Waals surface area contributed by atoms with Gasteiger partial charge in [0.2, 0.25) is 0 Å². The highest BCUT2D eigenvalue weighted by atomic mass is 16.7. The SMILES string of the molecule is CCCN(CC(O)COc1ccccc1C(=O)CCc1ccccc1)[C@@H]1O[C@H](CO)[C@@H](O[C@@H]2O[C@H](CO)[C@H](O)[C@H](O)[C@H]2O)[C@H](O)[C@H]1O. The number of carbonyl (C=O) groups is 1. The normalized spacial score (nSPS) is 31.9. The summed E-state index contributed by atoms with van der Waals surface area (Å²) in [6.45, 7) is 0.549. The lowest BCUT2D eigenvalue weighted by atomic mass is 9.96. The van der Waals surface area contributed by atoms with Crippen LogP contribution in [0.2, 0.25) is 0 Å². The second-order valence-electron chi connectivity index (χ2n) is 11.9. The zero-order chi connectivity index (χ0) is 34.1. The molecule has 14 heteroatoms. The van der Waals surface area contributed by atoms with Gasteiger partial charge in [0.25, 0.3) is 0 Å². The van der Waals surface area contributed by atoms with Crippen molar-refractivity contribution in [2.24, 2.45) is 0 Å². The second-order valence-corrected chi connectivity index (χ2v) is 11.9. The Bertz CT molecular complexity index is 1230. The number of hydrogen-bond acceptors (Lipinski definition) is 14. The summed E-state index contributed by atoms with van der Waals surface area (Å²) in [6.07, 6.45) is -14.9. The fraction of sp³-hybridized carbons (Fsp3) is 0.606. The van der Waals surface area contributed by atoms with E-state index in [0.29, 0.717) is 30.7 Å². The van der Waals surface area contributed by atoms with E-state index in [-0.39, 0.29) is 25.4 Å². The smallest absolute Gasteiger partial charge is 0.187 e. The lowest BCUT2D eigenvalue weighted by molar-refractivity contribution is -0.349. The van der Waals surface area contributed by atoms with E-state index in [2.05, 4.69) is 0 Å². The minimum atomic E-state index is -1.77. The third-order valence-electron chi connectivity index (χ3n) is 8.40. The molecule has 0 amide bonds. The lowest BCUT2D eigenvalue weighted by Gasteiger charge is -2.48. The summed E-state index contributed by atoms with van der Waals surface area (Å²) in [5.74, 6) is 0.222. The zero-order valence-corrected chi connectivity index (χ0v) is 26.3. The Balaban J connectivity index is 1.37. The molecular formula is C33H47NO13. The number of aliphatic hydroxyl groups is 8. The molecule has 262 valence electrons. The van der Waals surface area contributed by atoms with Crippen molar-refractivity contribution in [3.8, 4) is 5.75 Å². The molecule has 2 aromatic rings. The Kier molecular flexibility index (Phi) is 14.0. The fourth-order valence-corrected chi connectivity index (χ4v) is 5.85. The summed E-state index contributed by atoms with van der Waals surface area (Å²) in [7, 11) is 0. The Morgan fingerprint density at radius 3 is 2.21 bits per heavy atom. The molecule has 2 fully saturated rings. The molecule has 0 spiro atoms. The topological polar surface area (TPSA) is 219 Å². The highest BCUT2D eigenvalue weighted by Gasteiger charge is 2.51. The molecule has 2 aliphatic heterocycles. The molecule has 0 saturated carbocycles. The van der Waals surface area contributed by atoms with Crippen LogP contribution in [0.5, 0.6) is 5.75 Å². The second kappa shape index (κ2) is 17.7. The maximum Gasteiger partial charge on any atom is 0.187 e. The maximum atomic E-state index is 13.0. The van der Waals surface area contributed by atoms with Crippen molar-refractivity contribution in [3.05, 3.63) is 65.7 Å². The van der Waals surface area contributed by atoms with Gasteiger partial charge in [-0.25, -0.2) is 0 Å². The predicted octanol–water partition coefficient (Wildman–Crippen LogP) is -1.42. The molecule has 14 nitrogen and oxygen atoms in total. The summed E-state index contributed by atoms with van der Waals surface area (Å²) in [6, 6.07) is 16.4. The quantitative estimate of drug-likeness (QED) is 0.0966. The molecule has 2 heterocycles. The zero-order valence-electron chi connectivity index (χ0n) is 26.3. The predicted molar refractivity (Wildman–Crippen MR) is 165 cm³/mol. The van der Waals surface area contributed by atoms with Gasteiger partial charge >= 0.3 is 0 Å². The number of Topliss-reactive ketones (excluding diaryl/α,β-unsaturated/α-hetero) is 1. The first-order valence-electron chi connectivity index (χ1n) is 15.9. The van der Waals surface area contributed by atoms with E-state index in [9.17, 15) is 45.6 Å². The highest BCUT2D eigenvalue weighted by Crippen LogP contribution is 2.30. The number of ketones is 1. The van der Waals surface area contributed by atoms with Crippen LogP contribution >= 0.6 is 0 Å². The lowest BCUT2D eigenvalue weighted by Crippen LogP contribution is -2.67. The van der Waals surface area contributed by atoms with Gasteiger partial charge in [-0.2, -0.15) is 0 Å². The Hall–Kier alpha value is -2.57. The van der Waals surface area contributed by atoms with Crippen molar-refractivity contribution in [2.45, 2.75) is 93.6 Å². The molecule has 0 aromatic heterocycles. The van der Waals surface area contributed by atoms with E-state index in [0.717, 1.165) is 5.56 Å². The van der Waals surface area contributed by atoms with E-state index >= 15 is 0 Å². The van der Waals surface area contributed by atoms with Gasteiger partial charge in [0.05, 0.1) is 18.8 Å². The molecule has 2 saturated heterocycles. The first-order chi connectivity index (χ1) is 22.6. The van der Waals surface area contributed by atoms with Gasteiger partial charge in [0, 0.05) is 19.5 Å². The van der Waals surface area contributed by atoms with Crippen LogP contribution in [0.25, 0.3) is 0 Å². The molecule has 0 bridgehead atoms. The summed E-state index contributed by atoms with van der Waals surface area (Å²) in [4.78, 5) is 14.6. The third-order valence-corrected chi connectivity index (χ3v) is 8.40. The number of rotatable bonds is 16. The molecule has 8 N–H and O–H groups in total. The number of benzene rings is 2. The minimum Gasteiger partial charge on any atom is -0.490 e. The van der Waals surface area contributed by atoms with Crippen LogP contribution in [0.15, 0.2) is 54.6 Å². The van der Waals surface area contributed by atoms with Crippen LogP contribution in [-0.4, -0.2) is 152 Å². The molecule has 0 aliphatic carbocycles. The van der Waals surface area contributed by atoms with E-state index in [1.807, 2.05) is 37.3 Å². The number of aryl methyl sites for hydroxylation is 1. The van der Waals surface area contributed by atoms with Crippen molar-refractivity contribution in [1.29, 1.82) is 0 Å². The summed E-state index contributed by atoms with van der Waals surface area (Å²) < 4.78 is 22.8. The number of nitrogens with zero attached hydrogens (tertiary/aromatic N) is 1. The highest BCUT2D eigenvalue weighted by molar-refractivity contribution is 5.98. The van der Waals surface area contributed by atoms with E-state index in [4.69, 9.17) is 18.9 Å². The fourth-order valence-electron chi connectivity index (χ4n) is 5.85. The van der Waals surface area contributed by atoms with Crippen LogP contribution in [-0.2, 0) is 20.6 Å². The van der Waals surface area contributed by atoms with E-state index in [1.165, 1.54) is 0 Å². The number of aliphatic hydroxyl groups excluding tert-OH is 8. The van der Waals surface area contributed by atoms with Gasteiger partial charge in [-0.1, -0.05) is 49.4 Å². The molecule has 0 radical (unpaired) electrons. The van der Waals surface area contributed by atoms with Gasteiger partial charge < -0.3 is 59.8 Å². The molecule has 4 rings (SSSR count). The van der Waals surface area contributed by atoms with Gasteiger partial charge in [-0.15, -0.1) is 0 Å². The van der Waals surface area contributed by atoms with Gasteiger partial charge in [0.1, 0.15) is 73.5 Å². The molecule has 47 heavy (non-hydrogen) atoms. The van der Waals surface area contributed by atoms with Crippen molar-refractivity contribution < 1.29 is 64.6 Å². The average Bonchev–Trinajstić information content (AvgIpc) is 3.08. The summed E-state index contributed by atoms with van der Waals surface area (Å²) in [5, 5.41) is 83.2. The molecule has 2 aliphatic rings. The van der Waals surface area contributed by atoms with Crippen molar-refractivity contribution >= 4 is 5.78 Å². The summed E-state index contributed by atoms with van der Waals surface area (Å²) in [5.41, 5.74) is 1.43. The third kappa shape index (κ3) is 9.32. The monoisotopic (exact) mass is 665 g/mol. The van der Waals surface area contributed by atoms with Crippen LogP contribution in [0.3, 0.4) is 0 Å². The Morgan fingerprint density at radius 1 is 0.851 bits per heavy atom.